The number of carbonyl (C=O) groups excluding carboxylic acids is 1. The Balaban J connectivity index is 2.14. The fraction of sp³-hybridized carbons (Fsp3) is 0.545. The molecule has 0 aliphatic rings. The highest BCUT2D eigenvalue weighted by molar-refractivity contribution is 7.12. The standard InChI is InChI=1S/C11H12F4O2S/c12-10(13)11(14,15)7-17-5-1-3-8(16)9-4-2-6-18-9/h2,4,6,10H,1,3,5,7H2. The largest absolute Gasteiger partial charge is 0.375 e. The molecular formula is C11H12F4O2S. The van der Waals surface area contributed by atoms with Gasteiger partial charge in [-0.3, -0.25) is 4.79 Å². The van der Waals surface area contributed by atoms with E-state index in [1.54, 1.807) is 17.5 Å². The quantitative estimate of drug-likeness (QED) is 0.414. The molecule has 0 saturated carbocycles. The third kappa shape index (κ3) is 4.73. The second-order valence-electron chi connectivity index (χ2n) is 3.62. The van der Waals surface area contributed by atoms with Crippen molar-refractivity contribution in [2.45, 2.75) is 25.2 Å². The number of carbonyl (C=O) groups is 1. The Morgan fingerprint density at radius 2 is 2.17 bits per heavy atom. The second-order valence-corrected chi connectivity index (χ2v) is 4.57. The van der Waals surface area contributed by atoms with Crippen molar-refractivity contribution in [2.24, 2.45) is 0 Å². The lowest BCUT2D eigenvalue weighted by Crippen LogP contribution is -2.32. The molecule has 0 unspecified atom stereocenters. The minimum absolute atomic E-state index is 0.103. The van der Waals surface area contributed by atoms with Crippen LogP contribution in [0.1, 0.15) is 22.5 Å². The van der Waals surface area contributed by atoms with Crippen LogP contribution in [0.3, 0.4) is 0 Å². The summed E-state index contributed by atoms with van der Waals surface area (Å²) in [5, 5.41) is 1.76. The predicted molar refractivity (Wildman–Crippen MR) is 59.7 cm³/mol. The normalized spacial score (nSPS) is 12.1. The van der Waals surface area contributed by atoms with E-state index in [0.717, 1.165) is 0 Å². The van der Waals surface area contributed by atoms with Gasteiger partial charge >= 0.3 is 12.3 Å². The Hall–Kier alpha value is -0.950. The molecular weight excluding hydrogens is 272 g/mol. The molecule has 0 aromatic carbocycles. The zero-order valence-electron chi connectivity index (χ0n) is 9.37. The van der Waals surface area contributed by atoms with E-state index in [4.69, 9.17) is 0 Å². The number of halogens is 4. The molecule has 0 fully saturated rings. The summed E-state index contributed by atoms with van der Waals surface area (Å²) in [7, 11) is 0. The van der Waals surface area contributed by atoms with E-state index in [0.29, 0.717) is 4.88 Å². The van der Waals surface area contributed by atoms with Gasteiger partial charge in [0.1, 0.15) is 6.61 Å². The first kappa shape index (κ1) is 15.1. The number of alkyl halides is 4. The summed E-state index contributed by atoms with van der Waals surface area (Å²) in [4.78, 5) is 12.1. The van der Waals surface area contributed by atoms with Gasteiger partial charge in [0.2, 0.25) is 0 Å². The molecule has 0 radical (unpaired) electrons. The Kier molecular flexibility index (Phi) is 5.74. The van der Waals surface area contributed by atoms with Crippen molar-refractivity contribution in [1.82, 2.24) is 0 Å². The molecule has 0 atom stereocenters. The Morgan fingerprint density at radius 3 is 2.72 bits per heavy atom. The Bertz CT molecular complexity index is 365. The maximum Gasteiger partial charge on any atom is 0.330 e. The summed E-state index contributed by atoms with van der Waals surface area (Å²) in [6.07, 6.45) is -3.35. The molecule has 0 amide bonds. The number of thiophene rings is 1. The second kappa shape index (κ2) is 6.84. The van der Waals surface area contributed by atoms with Crippen LogP contribution in [-0.2, 0) is 4.74 Å². The molecule has 0 aliphatic carbocycles. The lowest BCUT2D eigenvalue weighted by molar-refractivity contribution is -0.165. The molecule has 102 valence electrons. The van der Waals surface area contributed by atoms with Gasteiger partial charge in [-0.1, -0.05) is 6.07 Å². The van der Waals surface area contributed by atoms with Crippen molar-refractivity contribution < 1.29 is 27.1 Å². The van der Waals surface area contributed by atoms with E-state index >= 15 is 0 Å². The van der Waals surface area contributed by atoms with E-state index in [9.17, 15) is 22.4 Å². The number of rotatable bonds is 8. The zero-order chi connectivity index (χ0) is 13.6. The summed E-state index contributed by atoms with van der Waals surface area (Å²) in [5.41, 5.74) is 0. The first-order valence-corrected chi connectivity index (χ1v) is 6.12. The molecule has 0 spiro atoms. The van der Waals surface area contributed by atoms with Gasteiger partial charge < -0.3 is 4.74 Å². The Morgan fingerprint density at radius 1 is 1.44 bits per heavy atom. The first-order chi connectivity index (χ1) is 8.43. The molecule has 1 aromatic rings. The first-order valence-electron chi connectivity index (χ1n) is 5.24. The van der Waals surface area contributed by atoms with Gasteiger partial charge in [0, 0.05) is 13.0 Å². The number of ketones is 1. The average Bonchev–Trinajstić information content (AvgIpc) is 2.81. The van der Waals surface area contributed by atoms with Crippen molar-refractivity contribution >= 4 is 17.1 Å². The average molecular weight is 284 g/mol. The van der Waals surface area contributed by atoms with E-state index in [-0.39, 0.29) is 25.2 Å². The van der Waals surface area contributed by atoms with Crippen LogP contribution in [0.4, 0.5) is 17.6 Å². The van der Waals surface area contributed by atoms with Gasteiger partial charge in [0.05, 0.1) is 4.88 Å². The molecule has 2 nitrogen and oxygen atoms in total. The van der Waals surface area contributed by atoms with Crippen LogP contribution in [0, 0.1) is 0 Å². The molecule has 0 aliphatic heterocycles. The van der Waals surface area contributed by atoms with Gasteiger partial charge in [0.15, 0.2) is 5.78 Å². The van der Waals surface area contributed by atoms with Gasteiger partial charge in [0.25, 0.3) is 0 Å². The highest BCUT2D eigenvalue weighted by Crippen LogP contribution is 2.23. The number of hydrogen-bond acceptors (Lipinski definition) is 3. The molecule has 1 heterocycles. The summed E-state index contributed by atoms with van der Waals surface area (Å²) >= 11 is 1.29. The van der Waals surface area contributed by atoms with E-state index in [1.807, 2.05) is 0 Å². The van der Waals surface area contributed by atoms with E-state index in [1.165, 1.54) is 11.3 Å². The lowest BCUT2D eigenvalue weighted by atomic mass is 10.2. The third-order valence-corrected chi connectivity index (χ3v) is 3.01. The van der Waals surface area contributed by atoms with Gasteiger partial charge in [-0.2, -0.15) is 8.78 Å². The lowest BCUT2D eigenvalue weighted by Gasteiger charge is -2.14. The van der Waals surface area contributed by atoms with E-state index < -0.39 is 19.0 Å². The SMILES string of the molecule is O=C(CCCOCC(F)(F)C(F)F)c1cccs1. The number of Topliss-reactive ketones (excluding diaryl/α,β-unsaturated/α-hetero) is 1. The maximum atomic E-state index is 12.4. The number of hydrogen-bond donors (Lipinski definition) is 0. The van der Waals surface area contributed by atoms with Crippen LogP contribution >= 0.6 is 11.3 Å². The number of ether oxygens (including phenoxy) is 1. The topological polar surface area (TPSA) is 26.3 Å². The molecule has 0 bridgehead atoms. The van der Waals surface area contributed by atoms with Crippen molar-refractivity contribution in [3.63, 3.8) is 0 Å². The van der Waals surface area contributed by atoms with E-state index in [2.05, 4.69) is 4.74 Å². The summed E-state index contributed by atoms with van der Waals surface area (Å²) < 4.78 is 52.8. The van der Waals surface area contributed by atoms with Crippen molar-refractivity contribution in [3.8, 4) is 0 Å². The summed E-state index contributed by atoms with van der Waals surface area (Å²) in [6, 6.07) is 3.40. The third-order valence-electron chi connectivity index (χ3n) is 2.10. The van der Waals surface area contributed by atoms with Gasteiger partial charge in [-0.15, -0.1) is 11.3 Å². The summed E-state index contributed by atoms with van der Waals surface area (Å²) in [6.45, 7) is -1.46. The fourth-order valence-corrected chi connectivity index (χ4v) is 1.86. The highest BCUT2D eigenvalue weighted by atomic mass is 32.1. The zero-order valence-corrected chi connectivity index (χ0v) is 10.2. The molecule has 18 heavy (non-hydrogen) atoms. The molecule has 0 saturated heterocycles. The van der Waals surface area contributed by atoms with Crippen LogP contribution < -0.4 is 0 Å². The van der Waals surface area contributed by atoms with Crippen molar-refractivity contribution in [2.75, 3.05) is 13.2 Å². The van der Waals surface area contributed by atoms with Gasteiger partial charge in [-0.05, 0) is 17.9 Å². The van der Waals surface area contributed by atoms with Crippen LogP contribution in [0.25, 0.3) is 0 Å². The minimum Gasteiger partial charge on any atom is -0.375 e. The minimum atomic E-state index is -4.13. The van der Waals surface area contributed by atoms with Crippen LogP contribution in [0.5, 0.6) is 0 Å². The van der Waals surface area contributed by atoms with Gasteiger partial charge in [-0.25, -0.2) is 8.78 Å². The monoisotopic (exact) mass is 284 g/mol. The molecule has 0 N–H and O–H groups in total. The van der Waals surface area contributed by atoms with Crippen molar-refractivity contribution in [3.05, 3.63) is 22.4 Å². The fourth-order valence-electron chi connectivity index (χ4n) is 1.17. The molecule has 1 rings (SSSR count). The van der Waals surface area contributed by atoms with Crippen LogP contribution in [0.2, 0.25) is 0 Å². The van der Waals surface area contributed by atoms with Crippen molar-refractivity contribution in [1.29, 1.82) is 0 Å². The smallest absolute Gasteiger partial charge is 0.330 e. The predicted octanol–water partition coefficient (Wildman–Crippen LogP) is 3.63. The van der Waals surface area contributed by atoms with Crippen LogP contribution in [-0.4, -0.2) is 31.3 Å². The molecule has 7 heteroatoms. The maximum absolute atomic E-state index is 12.4. The van der Waals surface area contributed by atoms with Crippen LogP contribution in [0.15, 0.2) is 17.5 Å². The molecule has 1 aromatic heterocycles. The highest BCUT2D eigenvalue weighted by Gasteiger charge is 2.40. The summed E-state index contributed by atoms with van der Waals surface area (Å²) in [5.74, 6) is -4.23. The Labute approximate surface area is 106 Å².